The fourth-order valence-electron chi connectivity index (χ4n) is 15.4. The molecule has 0 saturated carbocycles. The number of hydrogen-bond acceptors (Lipinski definition) is 9. The predicted octanol–water partition coefficient (Wildman–Crippen LogP) is 15.8. The summed E-state index contributed by atoms with van der Waals surface area (Å²) in [6.07, 6.45) is 2.42. The topological polar surface area (TPSA) is 134 Å². The molecule has 0 saturated heterocycles. The minimum Gasteiger partial charge on any atom is -0.497 e. The Labute approximate surface area is 541 Å². The number of para-hydroxylation sites is 2. The van der Waals surface area contributed by atoms with Gasteiger partial charge in [-0.2, -0.15) is 0 Å². The molecule has 13 heteroatoms. The zero-order chi connectivity index (χ0) is 63.6. The van der Waals surface area contributed by atoms with Gasteiger partial charge < -0.3 is 47.7 Å². The number of aromatic nitrogens is 2. The van der Waals surface area contributed by atoms with Crippen molar-refractivity contribution in [3.8, 4) is 45.3 Å². The van der Waals surface area contributed by atoms with Gasteiger partial charge in [0.15, 0.2) is 0 Å². The number of aryl methyl sites for hydroxylation is 2. The average molecular weight is 1230 g/mol. The first-order valence-electron chi connectivity index (χ1n) is 31.9. The number of methoxy groups -OCH3 is 4. The van der Waals surface area contributed by atoms with Crippen LogP contribution in [-0.2, 0) is 48.6 Å². The van der Waals surface area contributed by atoms with Crippen LogP contribution in [0.2, 0.25) is 0 Å². The van der Waals surface area contributed by atoms with Gasteiger partial charge in [0.2, 0.25) is 0 Å². The van der Waals surface area contributed by atoms with Gasteiger partial charge in [-0.15, -0.1) is 0 Å². The first-order chi connectivity index (χ1) is 45.6. The Morgan fingerprint density at radius 3 is 1.20 bits per heavy atom. The normalized spacial score (nSPS) is 13.4. The number of rotatable bonds is 17. The summed E-state index contributed by atoms with van der Waals surface area (Å²) in [5.41, 5.74) is 21.3. The van der Waals surface area contributed by atoms with Crippen molar-refractivity contribution in [2.45, 2.75) is 70.9 Å². The maximum Gasteiger partial charge on any atom is 0.307 e. The second-order valence-corrected chi connectivity index (χ2v) is 24.3. The number of nitrogens with zero attached hydrogens (tertiary/aromatic N) is 4. The lowest BCUT2D eigenvalue weighted by atomic mass is 9.92. The minimum atomic E-state index is -0.346. The van der Waals surface area contributed by atoms with Crippen LogP contribution in [0.5, 0.6) is 23.0 Å². The molecule has 4 aliphatic rings. The zero-order valence-corrected chi connectivity index (χ0v) is 52.7. The van der Waals surface area contributed by atoms with Crippen molar-refractivity contribution in [1.29, 1.82) is 0 Å². The van der Waals surface area contributed by atoms with E-state index in [1.165, 1.54) is 22.2 Å². The maximum absolute atomic E-state index is 15.1. The molecular weight excluding hydrogens is 1160 g/mol. The van der Waals surface area contributed by atoms with Gasteiger partial charge in [0.25, 0.3) is 11.8 Å². The third kappa shape index (κ3) is 9.74. The Kier molecular flexibility index (Phi) is 15.3. The molecule has 0 atom stereocenters. The highest BCUT2D eigenvalue weighted by Gasteiger charge is 2.44. The van der Waals surface area contributed by atoms with Crippen LogP contribution >= 0.6 is 0 Å². The van der Waals surface area contributed by atoms with Crippen LogP contribution in [0.15, 0.2) is 194 Å². The highest BCUT2D eigenvalue weighted by molar-refractivity contribution is 6.22. The van der Waals surface area contributed by atoms with Crippen LogP contribution in [0, 0.1) is 0 Å². The first-order valence-corrected chi connectivity index (χ1v) is 31.9. The number of benzene rings is 10. The number of carbonyl (C=O) groups is 3. The van der Waals surface area contributed by atoms with Crippen LogP contribution in [0.25, 0.3) is 65.9 Å². The summed E-state index contributed by atoms with van der Waals surface area (Å²) >= 11 is 0. The van der Waals surface area contributed by atoms with Crippen molar-refractivity contribution >= 4 is 61.4 Å². The lowest BCUT2D eigenvalue weighted by molar-refractivity contribution is -0.143. The summed E-state index contributed by atoms with van der Waals surface area (Å²) in [6, 6.07) is 65.1. The van der Waals surface area contributed by atoms with Crippen molar-refractivity contribution in [3.63, 3.8) is 0 Å². The van der Waals surface area contributed by atoms with E-state index in [1.807, 2.05) is 95.6 Å². The maximum atomic E-state index is 15.1. The van der Waals surface area contributed by atoms with E-state index in [1.54, 1.807) is 28.4 Å². The van der Waals surface area contributed by atoms with Crippen molar-refractivity contribution in [2.75, 3.05) is 41.7 Å². The molecule has 4 heterocycles. The van der Waals surface area contributed by atoms with Gasteiger partial charge >= 0.3 is 5.97 Å². The molecule has 0 unspecified atom stereocenters. The highest BCUT2D eigenvalue weighted by Crippen LogP contribution is 2.54. The molecule has 12 aromatic rings. The molecule has 1 N–H and O–H groups in total. The summed E-state index contributed by atoms with van der Waals surface area (Å²) in [7, 11) is 6.64. The van der Waals surface area contributed by atoms with E-state index in [4.69, 9.17) is 23.7 Å². The molecule has 2 aliphatic carbocycles. The number of aliphatic hydroxyl groups is 1. The van der Waals surface area contributed by atoms with Crippen molar-refractivity contribution in [2.24, 2.45) is 0 Å². The van der Waals surface area contributed by atoms with Gasteiger partial charge in [-0.05, 0) is 141 Å². The number of esters is 1. The molecule has 0 radical (unpaired) electrons. The Morgan fingerprint density at radius 1 is 0.462 bits per heavy atom. The Bertz CT molecular complexity index is 4840. The summed E-state index contributed by atoms with van der Waals surface area (Å²) in [6.45, 7) is 4.43. The Hall–Kier alpha value is -10.6. The molecule has 0 spiro atoms. The largest absolute Gasteiger partial charge is 0.497 e. The second kappa shape index (κ2) is 24.2. The summed E-state index contributed by atoms with van der Waals surface area (Å²) in [5.74, 6) is 2.91. The van der Waals surface area contributed by atoms with E-state index < -0.39 is 0 Å². The molecule has 93 heavy (non-hydrogen) atoms. The standard InChI is InChI=1S/C41H36N2O5.C39H34N2O4.H2/c1-4-48-35(44)21-22-42-34-12-8-7-11-31(34)37-33-24-43(41(45)38(33)36-30-10-6-5-9-27(30)23-32(36)40(37)42)39(25-13-17-28(46-2)18-14-25)26-15-19-29(47-3)20-16-26;1-44-27-16-12-24(13-17-27)37(25-14-18-28(45-2)19-15-25)41-23-32-35-30-10-5-6-11-33(30)40(20-7-21-42)38(35)31-22-26-8-3-4-9-29(26)34(31)36(32)39(41)43;/h5-20,39H,4,21-24H2,1-3H3;3-6,8-19,37,42H,7,20-23H2,1-2H3;1H. The fraction of sp³-hybridized carbons (Fsp3) is 0.212. The van der Waals surface area contributed by atoms with E-state index >= 15 is 4.79 Å². The van der Waals surface area contributed by atoms with E-state index in [-0.39, 0.29) is 44.3 Å². The van der Waals surface area contributed by atoms with Crippen molar-refractivity contribution in [1.82, 2.24) is 18.9 Å². The number of amides is 2. The fourth-order valence-corrected chi connectivity index (χ4v) is 15.4. The van der Waals surface area contributed by atoms with Crippen LogP contribution in [0.4, 0.5) is 0 Å². The molecular formula is C80H72N4O9. The van der Waals surface area contributed by atoms with Crippen LogP contribution in [0.1, 0.15) is 110 Å². The highest BCUT2D eigenvalue weighted by atomic mass is 16.5. The SMILES string of the molecule is CCOC(=O)CCn1c2ccccc2c2c3c(c4c(c21)Cc1ccccc1-4)C(=O)N(C(c1ccc(OC)cc1)c1ccc(OC)cc1)C3.COc1ccc(C(c2ccc(OC)cc2)N2Cc3c(c4c(c5c3c3ccccc3n5CCCO)Cc3ccccc3-4)C2=O)cc1.[HH]. The second-order valence-electron chi connectivity index (χ2n) is 24.3. The van der Waals surface area contributed by atoms with Crippen LogP contribution < -0.4 is 18.9 Å². The predicted molar refractivity (Wildman–Crippen MR) is 366 cm³/mol. The molecule has 10 aromatic carbocycles. The quantitative estimate of drug-likeness (QED) is 0.0885. The monoisotopic (exact) mass is 1230 g/mol. The summed E-state index contributed by atoms with van der Waals surface area (Å²) in [4.78, 5) is 46.7. The lowest BCUT2D eigenvalue weighted by Crippen LogP contribution is -2.30. The summed E-state index contributed by atoms with van der Waals surface area (Å²) in [5, 5.41) is 14.3. The molecule has 13 nitrogen and oxygen atoms in total. The van der Waals surface area contributed by atoms with E-state index in [9.17, 15) is 14.7 Å². The minimum absolute atomic E-state index is 0. The van der Waals surface area contributed by atoms with Crippen molar-refractivity contribution < 1.29 is 44.6 Å². The number of carbonyl (C=O) groups excluding carboxylic acids is 3. The molecule has 16 rings (SSSR count). The zero-order valence-electron chi connectivity index (χ0n) is 52.7. The van der Waals surface area contributed by atoms with E-state index in [2.05, 4.69) is 124 Å². The van der Waals surface area contributed by atoms with Gasteiger partial charge in [0.05, 0.1) is 75.7 Å². The van der Waals surface area contributed by atoms with Gasteiger partial charge in [0.1, 0.15) is 23.0 Å². The Balaban J connectivity index is 0.000000161. The molecule has 0 bridgehead atoms. The molecule has 466 valence electrons. The molecule has 2 aromatic heterocycles. The third-order valence-electron chi connectivity index (χ3n) is 19.5. The number of fused-ring (bicyclic) bond motifs is 20. The number of ether oxygens (including phenoxy) is 5. The number of aliphatic hydroxyl groups excluding tert-OH is 1. The Morgan fingerprint density at radius 2 is 0.828 bits per heavy atom. The molecule has 2 aliphatic heterocycles. The van der Waals surface area contributed by atoms with E-state index in [0.717, 1.165) is 146 Å². The van der Waals surface area contributed by atoms with Gasteiger partial charge in [-0.25, -0.2) is 0 Å². The first kappa shape index (κ1) is 58.7. The lowest BCUT2D eigenvalue weighted by Gasteiger charge is -2.29. The summed E-state index contributed by atoms with van der Waals surface area (Å²) < 4.78 is 31.9. The van der Waals surface area contributed by atoms with Crippen molar-refractivity contribution in [3.05, 3.63) is 261 Å². The smallest absolute Gasteiger partial charge is 0.307 e. The molecule has 0 fully saturated rings. The molecule has 2 amide bonds. The number of hydrogen-bond donors (Lipinski definition) is 1. The third-order valence-corrected chi connectivity index (χ3v) is 19.5. The van der Waals surface area contributed by atoms with E-state index in [0.29, 0.717) is 39.2 Å². The van der Waals surface area contributed by atoms with Crippen LogP contribution in [0.3, 0.4) is 0 Å². The van der Waals surface area contributed by atoms with Gasteiger partial charge in [-0.3, -0.25) is 14.4 Å². The van der Waals surface area contributed by atoms with Crippen LogP contribution in [-0.4, -0.2) is 83.5 Å². The van der Waals surface area contributed by atoms with Gasteiger partial charge in [0, 0.05) is 90.8 Å². The van der Waals surface area contributed by atoms with Gasteiger partial charge in [-0.1, -0.05) is 133 Å². The average Bonchev–Trinajstić information content (AvgIpc) is 1.54.